The van der Waals surface area contributed by atoms with Gasteiger partial charge in [0.15, 0.2) is 0 Å². The highest BCUT2D eigenvalue weighted by Gasteiger charge is 2.10. The van der Waals surface area contributed by atoms with Gasteiger partial charge >= 0.3 is 0 Å². The van der Waals surface area contributed by atoms with Gasteiger partial charge in [0, 0.05) is 0 Å². The number of hydrogen-bond donors (Lipinski definition) is 1. The Labute approximate surface area is 95.2 Å². The smallest absolute Gasteiger partial charge is 0.00156 e. The average molecular weight is 212 g/mol. The van der Waals surface area contributed by atoms with Crippen molar-refractivity contribution in [1.82, 2.24) is 4.90 Å². The molecule has 0 spiro atoms. The van der Waals surface area contributed by atoms with Gasteiger partial charge in [0.25, 0.3) is 0 Å². The van der Waals surface area contributed by atoms with Gasteiger partial charge < -0.3 is 10.6 Å². The van der Waals surface area contributed by atoms with Crippen LogP contribution < -0.4 is 5.73 Å². The molecule has 2 heteroatoms. The van der Waals surface area contributed by atoms with Crippen LogP contribution in [0.4, 0.5) is 0 Å². The molecule has 1 aliphatic rings. The molecule has 0 aromatic heterocycles. The van der Waals surface area contributed by atoms with Crippen molar-refractivity contribution in [3.05, 3.63) is 0 Å². The summed E-state index contributed by atoms with van der Waals surface area (Å²) in [6, 6.07) is 0. The van der Waals surface area contributed by atoms with Gasteiger partial charge in [0.2, 0.25) is 0 Å². The molecule has 1 unspecified atom stereocenters. The maximum absolute atomic E-state index is 5.74. The van der Waals surface area contributed by atoms with E-state index in [1.165, 1.54) is 64.6 Å². The van der Waals surface area contributed by atoms with Crippen molar-refractivity contribution in [1.29, 1.82) is 0 Å². The molecule has 0 bridgehead atoms. The van der Waals surface area contributed by atoms with E-state index >= 15 is 0 Å². The Balaban J connectivity index is 2.16. The van der Waals surface area contributed by atoms with Gasteiger partial charge in [-0.3, -0.25) is 0 Å². The first kappa shape index (κ1) is 13.0. The van der Waals surface area contributed by atoms with Crippen LogP contribution in [-0.2, 0) is 0 Å². The van der Waals surface area contributed by atoms with Crippen LogP contribution in [0.25, 0.3) is 0 Å². The predicted octanol–water partition coefficient (Wildman–Crippen LogP) is 2.63. The molecule has 90 valence electrons. The van der Waals surface area contributed by atoms with Crippen LogP contribution in [-0.4, -0.2) is 31.1 Å². The van der Waals surface area contributed by atoms with Gasteiger partial charge in [-0.2, -0.15) is 0 Å². The number of nitrogens with zero attached hydrogens (tertiary/aromatic N) is 1. The molecule has 15 heavy (non-hydrogen) atoms. The minimum absolute atomic E-state index is 0.746. The Morgan fingerprint density at radius 1 is 1.07 bits per heavy atom. The quantitative estimate of drug-likeness (QED) is 0.759. The normalized spacial score (nSPS) is 22.0. The van der Waals surface area contributed by atoms with Gasteiger partial charge in [-0.15, -0.1) is 0 Å². The first-order chi connectivity index (χ1) is 7.36. The van der Waals surface area contributed by atoms with Crippen LogP contribution in [0.15, 0.2) is 0 Å². The van der Waals surface area contributed by atoms with E-state index in [1.807, 2.05) is 0 Å². The summed E-state index contributed by atoms with van der Waals surface area (Å²) in [5.74, 6) is 0.746. The van der Waals surface area contributed by atoms with E-state index in [4.69, 9.17) is 5.73 Å². The zero-order valence-corrected chi connectivity index (χ0v) is 10.4. The molecule has 0 aromatic carbocycles. The van der Waals surface area contributed by atoms with E-state index in [1.54, 1.807) is 0 Å². The fraction of sp³-hybridized carbons (Fsp3) is 1.00. The van der Waals surface area contributed by atoms with Crippen LogP contribution in [0.1, 0.15) is 51.9 Å². The predicted molar refractivity (Wildman–Crippen MR) is 67.0 cm³/mol. The molecule has 1 aliphatic heterocycles. The summed E-state index contributed by atoms with van der Waals surface area (Å²) in [5, 5.41) is 0. The van der Waals surface area contributed by atoms with Crippen molar-refractivity contribution in [3.8, 4) is 0 Å². The summed E-state index contributed by atoms with van der Waals surface area (Å²) in [4.78, 5) is 2.65. The van der Waals surface area contributed by atoms with Crippen LogP contribution in [0.5, 0.6) is 0 Å². The van der Waals surface area contributed by atoms with Crippen LogP contribution in [0, 0.1) is 5.92 Å². The lowest BCUT2D eigenvalue weighted by atomic mass is 10.0. The first-order valence-corrected chi connectivity index (χ1v) is 6.79. The second-order valence-corrected chi connectivity index (χ2v) is 4.91. The summed E-state index contributed by atoms with van der Waals surface area (Å²) in [5.41, 5.74) is 5.74. The van der Waals surface area contributed by atoms with Crippen LogP contribution in [0.2, 0.25) is 0 Å². The Morgan fingerprint density at radius 2 is 1.67 bits per heavy atom. The van der Waals surface area contributed by atoms with E-state index in [0.29, 0.717) is 0 Å². The first-order valence-electron chi connectivity index (χ1n) is 6.79. The SMILES string of the molecule is CCC(CN)CCN1CCCCCCC1. The largest absolute Gasteiger partial charge is 0.330 e. The maximum Gasteiger partial charge on any atom is -0.00156 e. The zero-order chi connectivity index (χ0) is 10.9. The fourth-order valence-electron chi connectivity index (χ4n) is 2.39. The van der Waals surface area contributed by atoms with Crippen molar-refractivity contribution in [3.63, 3.8) is 0 Å². The summed E-state index contributed by atoms with van der Waals surface area (Å²) < 4.78 is 0. The van der Waals surface area contributed by atoms with Gasteiger partial charge in [-0.05, 0) is 51.4 Å². The highest BCUT2D eigenvalue weighted by Crippen LogP contribution is 2.13. The Morgan fingerprint density at radius 3 is 2.20 bits per heavy atom. The Hall–Kier alpha value is -0.0800. The fourth-order valence-corrected chi connectivity index (χ4v) is 2.39. The number of hydrogen-bond acceptors (Lipinski definition) is 2. The molecule has 1 saturated heterocycles. The molecule has 1 fully saturated rings. The average Bonchev–Trinajstić information content (AvgIpc) is 2.21. The summed E-state index contributed by atoms with van der Waals surface area (Å²) >= 11 is 0. The lowest BCUT2D eigenvalue weighted by molar-refractivity contribution is 0.229. The lowest BCUT2D eigenvalue weighted by Gasteiger charge is -2.26. The minimum atomic E-state index is 0.746. The van der Waals surface area contributed by atoms with E-state index in [0.717, 1.165) is 12.5 Å². The van der Waals surface area contributed by atoms with Gasteiger partial charge in [-0.25, -0.2) is 0 Å². The molecule has 1 atom stereocenters. The highest BCUT2D eigenvalue weighted by molar-refractivity contribution is 4.66. The van der Waals surface area contributed by atoms with Crippen molar-refractivity contribution >= 4 is 0 Å². The van der Waals surface area contributed by atoms with E-state index in [9.17, 15) is 0 Å². The number of likely N-dealkylation sites (tertiary alicyclic amines) is 1. The van der Waals surface area contributed by atoms with Crippen molar-refractivity contribution < 1.29 is 0 Å². The number of rotatable bonds is 5. The molecule has 0 aliphatic carbocycles. The third kappa shape index (κ3) is 5.53. The third-order valence-corrected chi connectivity index (χ3v) is 3.71. The minimum Gasteiger partial charge on any atom is -0.330 e. The molecule has 0 radical (unpaired) electrons. The van der Waals surface area contributed by atoms with E-state index < -0.39 is 0 Å². The second-order valence-electron chi connectivity index (χ2n) is 4.91. The molecule has 2 nitrogen and oxygen atoms in total. The lowest BCUT2D eigenvalue weighted by Crippen LogP contribution is -2.30. The third-order valence-electron chi connectivity index (χ3n) is 3.71. The maximum atomic E-state index is 5.74. The molecule has 0 aromatic rings. The number of nitrogens with two attached hydrogens (primary N) is 1. The summed E-state index contributed by atoms with van der Waals surface area (Å²) in [7, 11) is 0. The van der Waals surface area contributed by atoms with Crippen LogP contribution in [0.3, 0.4) is 0 Å². The summed E-state index contributed by atoms with van der Waals surface area (Å²) in [6.07, 6.45) is 9.67. The molecule has 1 rings (SSSR count). The van der Waals surface area contributed by atoms with Gasteiger partial charge in [0.1, 0.15) is 0 Å². The van der Waals surface area contributed by atoms with Crippen molar-refractivity contribution in [2.45, 2.75) is 51.9 Å². The van der Waals surface area contributed by atoms with Crippen LogP contribution >= 0.6 is 0 Å². The molecular formula is C13H28N2. The topological polar surface area (TPSA) is 29.3 Å². The highest BCUT2D eigenvalue weighted by atomic mass is 15.1. The Bertz CT molecular complexity index is 135. The standard InChI is InChI=1S/C13H28N2/c1-2-13(12-14)8-11-15-9-6-4-3-5-7-10-15/h13H,2-12,14H2,1H3. The molecule has 0 amide bonds. The van der Waals surface area contributed by atoms with Gasteiger partial charge in [-0.1, -0.05) is 32.6 Å². The molecule has 1 heterocycles. The van der Waals surface area contributed by atoms with E-state index in [2.05, 4.69) is 11.8 Å². The van der Waals surface area contributed by atoms with Crippen molar-refractivity contribution in [2.75, 3.05) is 26.2 Å². The molecule has 0 saturated carbocycles. The van der Waals surface area contributed by atoms with Crippen molar-refractivity contribution in [2.24, 2.45) is 11.7 Å². The van der Waals surface area contributed by atoms with E-state index in [-0.39, 0.29) is 0 Å². The molecular weight excluding hydrogens is 184 g/mol. The summed E-state index contributed by atoms with van der Waals surface area (Å²) in [6.45, 7) is 7.03. The Kier molecular flexibility index (Phi) is 7.03. The second kappa shape index (κ2) is 8.12. The zero-order valence-electron chi connectivity index (χ0n) is 10.4. The monoisotopic (exact) mass is 212 g/mol. The molecule has 2 N–H and O–H groups in total. The van der Waals surface area contributed by atoms with Gasteiger partial charge in [0.05, 0.1) is 0 Å².